The largest absolute Gasteiger partial charge is 0.508 e. The highest BCUT2D eigenvalue weighted by atomic mass is 32.3. The van der Waals surface area contributed by atoms with Crippen LogP contribution in [0.1, 0.15) is 56.1 Å². The van der Waals surface area contributed by atoms with Crippen LogP contribution in [0.5, 0.6) is 5.75 Å². The van der Waals surface area contributed by atoms with Gasteiger partial charge in [0, 0.05) is 0 Å². The van der Waals surface area contributed by atoms with E-state index in [1.807, 2.05) is 12.1 Å². The molecule has 5 atom stereocenters. The van der Waals surface area contributed by atoms with E-state index in [-0.39, 0.29) is 44.9 Å². The smallest absolute Gasteiger partial charge is 0.444 e. The van der Waals surface area contributed by atoms with Crippen molar-refractivity contribution in [1.29, 1.82) is 0 Å². The second-order valence-corrected chi connectivity index (χ2v) is 11.5. The number of hydroxylamine groups is 3. The van der Waals surface area contributed by atoms with Crippen molar-refractivity contribution in [3.05, 3.63) is 29.3 Å². The van der Waals surface area contributed by atoms with Gasteiger partial charge in [0.1, 0.15) is 25.4 Å². The van der Waals surface area contributed by atoms with Crippen molar-refractivity contribution in [1.82, 2.24) is 0 Å². The van der Waals surface area contributed by atoms with Crippen molar-refractivity contribution in [3.63, 3.8) is 0 Å². The summed E-state index contributed by atoms with van der Waals surface area (Å²) in [6.07, 6.45) is 4.70. The molecule has 1 aromatic carbocycles. The quantitative estimate of drug-likeness (QED) is 0.281. The molecule has 0 amide bonds. The first-order valence-electron chi connectivity index (χ1n) is 12.3. The molecule has 4 N–H and O–H groups in total. The third-order valence-corrected chi connectivity index (χ3v) is 9.60. The van der Waals surface area contributed by atoms with E-state index in [1.54, 1.807) is 6.07 Å². The van der Waals surface area contributed by atoms with Gasteiger partial charge in [0.2, 0.25) is 0 Å². The fourth-order valence-electron chi connectivity index (χ4n) is 7.03. The Hall–Kier alpha value is -1.27. The molecule has 3 aliphatic carbocycles. The topological polar surface area (TPSA) is 134 Å². The number of aryl methyl sites for hydroxylation is 1. The molecule has 0 heterocycles. The van der Waals surface area contributed by atoms with Gasteiger partial charge in [-0.25, -0.2) is 4.18 Å². The minimum absolute atomic E-state index is 0.0903. The summed E-state index contributed by atoms with van der Waals surface area (Å²) < 4.78 is 36.4. The lowest BCUT2D eigenvalue weighted by molar-refractivity contribution is -1.08. The van der Waals surface area contributed by atoms with Gasteiger partial charge in [0.15, 0.2) is 0 Å². The summed E-state index contributed by atoms with van der Waals surface area (Å²) in [6.45, 7) is 0.779. The van der Waals surface area contributed by atoms with Crippen LogP contribution in [0.4, 0.5) is 0 Å². The number of nitrogens with zero attached hydrogens (tertiary/aromatic N) is 1. The highest BCUT2D eigenvalue weighted by molar-refractivity contribution is 7.81. The second kappa shape index (κ2) is 10.0. The minimum Gasteiger partial charge on any atom is -0.508 e. The number of aliphatic hydroxyl groups excluding tert-OH is 3. The first kappa shape index (κ1) is 25.8. The van der Waals surface area contributed by atoms with E-state index < -0.39 is 21.1 Å². The van der Waals surface area contributed by atoms with Gasteiger partial charge >= 0.3 is 10.4 Å². The number of rotatable bonds is 10. The average Bonchev–Trinajstić information content (AvgIpc) is 3.09. The van der Waals surface area contributed by atoms with Gasteiger partial charge in [-0.05, 0) is 89.2 Å². The summed E-state index contributed by atoms with van der Waals surface area (Å²) in [6, 6.07) is 5.68. The molecule has 3 aliphatic rings. The Morgan fingerprint density at radius 3 is 2.35 bits per heavy atom. The third kappa shape index (κ3) is 4.86. The zero-order valence-electron chi connectivity index (χ0n) is 19.8. The number of hydrogen-bond donors (Lipinski definition) is 4. The fraction of sp³-hybridized carbons (Fsp3) is 0.750. The number of phenols is 1. The predicted molar refractivity (Wildman–Crippen MR) is 124 cm³/mol. The van der Waals surface area contributed by atoms with Crippen molar-refractivity contribution in [3.8, 4) is 5.75 Å². The molecule has 9 nitrogen and oxygen atoms in total. The molecule has 1 aromatic rings. The molecule has 0 aromatic heterocycles. The van der Waals surface area contributed by atoms with Crippen LogP contribution in [0.3, 0.4) is 0 Å². The Balaban J connectivity index is 1.51. The molecular formula is C24H38NO8S+. The molecular weight excluding hydrogens is 462 g/mol. The number of aromatic hydroxyl groups is 1. The van der Waals surface area contributed by atoms with Crippen LogP contribution in [0.25, 0.3) is 0 Å². The summed E-state index contributed by atoms with van der Waals surface area (Å²) in [5.74, 6) is 1.49. The number of quaternary nitrogens is 1. The normalized spacial score (nSPS) is 31.1. The van der Waals surface area contributed by atoms with Crippen molar-refractivity contribution in [2.75, 3.05) is 39.5 Å². The van der Waals surface area contributed by atoms with E-state index in [0.29, 0.717) is 29.9 Å². The highest BCUT2D eigenvalue weighted by Gasteiger charge is 2.57. The van der Waals surface area contributed by atoms with Gasteiger partial charge in [-0.15, -0.1) is 0 Å². The van der Waals surface area contributed by atoms with E-state index in [9.17, 15) is 28.8 Å². The number of aliphatic hydroxyl groups is 3. The van der Waals surface area contributed by atoms with E-state index in [4.69, 9.17) is 8.47 Å². The molecule has 2 fully saturated rings. The van der Waals surface area contributed by atoms with Crippen LogP contribution in [0.15, 0.2) is 18.2 Å². The summed E-state index contributed by atoms with van der Waals surface area (Å²) in [4.78, 5) is 0. The molecule has 2 saturated carbocycles. The minimum atomic E-state index is -4.45. The lowest BCUT2D eigenvalue weighted by Gasteiger charge is -2.50. The molecule has 0 bridgehead atoms. The van der Waals surface area contributed by atoms with Gasteiger partial charge in [-0.3, -0.25) is 0 Å². The van der Waals surface area contributed by atoms with Crippen molar-refractivity contribution >= 4 is 10.4 Å². The Bertz CT molecular complexity index is 953. The van der Waals surface area contributed by atoms with Gasteiger partial charge in [0.25, 0.3) is 0 Å². The van der Waals surface area contributed by atoms with Crippen LogP contribution in [-0.4, -0.2) is 79.0 Å². The van der Waals surface area contributed by atoms with Gasteiger partial charge in [-0.2, -0.15) is 13.1 Å². The monoisotopic (exact) mass is 500 g/mol. The second-order valence-electron chi connectivity index (χ2n) is 10.4. The van der Waals surface area contributed by atoms with E-state index in [2.05, 4.69) is 6.92 Å². The Kier molecular flexibility index (Phi) is 7.59. The van der Waals surface area contributed by atoms with Crippen LogP contribution in [-0.2, 0) is 25.3 Å². The molecule has 0 spiro atoms. The number of fused-ring (bicyclic) bond motifs is 5. The van der Waals surface area contributed by atoms with E-state index in [1.165, 1.54) is 11.1 Å². The number of benzene rings is 1. The maximum absolute atomic E-state index is 13.0. The maximum Gasteiger partial charge on any atom is 0.444 e. The van der Waals surface area contributed by atoms with Gasteiger partial charge in [0.05, 0.1) is 25.9 Å². The van der Waals surface area contributed by atoms with Crippen LogP contribution in [0, 0.1) is 17.3 Å². The molecule has 34 heavy (non-hydrogen) atoms. The SMILES string of the molecule is C[C@]12CC[C@@H]3c4ccc(O)cc4CC[C@H]3[C@@H]1CC[C@@H]2OS(=O)(=O)O[N+](CCO)(CCO)CCO. The summed E-state index contributed by atoms with van der Waals surface area (Å²) in [7, 11) is -4.45. The first-order chi connectivity index (χ1) is 16.2. The third-order valence-electron chi connectivity index (χ3n) is 8.63. The lowest BCUT2D eigenvalue weighted by Crippen LogP contribution is -2.55. The van der Waals surface area contributed by atoms with Gasteiger partial charge in [-0.1, -0.05) is 13.0 Å². The molecule has 4 rings (SSSR count). The highest BCUT2D eigenvalue weighted by Crippen LogP contribution is 2.61. The predicted octanol–water partition coefficient (Wildman–Crippen LogP) is 1.60. The van der Waals surface area contributed by atoms with E-state index in [0.717, 1.165) is 32.1 Å². The molecule has 192 valence electrons. The first-order valence-corrected chi connectivity index (χ1v) is 13.7. The van der Waals surface area contributed by atoms with Gasteiger partial charge < -0.3 is 20.4 Å². The molecule has 10 heteroatoms. The standard InChI is InChI=1S/C24H37NO8S/c1-24-9-8-20-19-5-3-18(29)16-17(19)2-4-21(20)22(24)6-7-23(24)32-34(30,31)33-25(10-13-26,11-14-27)12-15-28/h3,5,16,20-23,26-28H,2,4,6-15H2,1H3/p+1/t20-,21-,22+,23+,24+/m1/s1. The maximum atomic E-state index is 13.0. The summed E-state index contributed by atoms with van der Waals surface area (Å²) in [5, 5.41) is 38.1. The van der Waals surface area contributed by atoms with Crippen LogP contribution in [0.2, 0.25) is 0 Å². The fourth-order valence-corrected chi connectivity index (χ4v) is 8.27. The van der Waals surface area contributed by atoms with Crippen LogP contribution < -0.4 is 0 Å². The van der Waals surface area contributed by atoms with E-state index >= 15 is 0 Å². The summed E-state index contributed by atoms with van der Waals surface area (Å²) in [5.41, 5.74) is 2.24. The van der Waals surface area contributed by atoms with Crippen molar-refractivity contribution in [2.24, 2.45) is 17.3 Å². The molecule has 0 radical (unpaired) electrons. The van der Waals surface area contributed by atoms with Crippen LogP contribution >= 0.6 is 0 Å². The number of phenolic OH excluding ortho intramolecular Hbond substituents is 1. The Morgan fingerprint density at radius 2 is 1.71 bits per heavy atom. The average molecular weight is 501 g/mol. The Morgan fingerprint density at radius 1 is 1.03 bits per heavy atom. The van der Waals surface area contributed by atoms with Crippen molar-refractivity contribution < 1.29 is 42.0 Å². The zero-order valence-corrected chi connectivity index (χ0v) is 20.6. The number of hydrogen-bond acceptors (Lipinski definition) is 8. The van der Waals surface area contributed by atoms with Crippen molar-refractivity contribution in [2.45, 2.75) is 57.5 Å². The lowest BCUT2D eigenvalue weighted by atomic mass is 9.55. The Labute approximate surface area is 201 Å². The molecule has 0 saturated heterocycles. The summed E-state index contributed by atoms with van der Waals surface area (Å²) >= 11 is 0. The molecule has 0 aliphatic heterocycles. The molecule has 0 unspecified atom stereocenters. The zero-order chi connectivity index (χ0) is 24.6.